The van der Waals surface area contributed by atoms with Gasteiger partial charge in [0.2, 0.25) is 0 Å². The highest BCUT2D eigenvalue weighted by Crippen LogP contribution is 2.07. The summed E-state index contributed by atoms with van der Waals surface area (Å²) in [5.74, 6) is 0.388. The molecule has 1 heterocycles. The smallest absolute Gasteiger partial charge is 0.166 e. The maximum absolute atomic E-state index is 8.70. The molecule has 0 aromatic carbocycles. The standard InChI is InChI=1S/C8H11N5O/c9-3-6-1-2-12-13-8(6)11-4-7(10)5-14/h1-2,7,14H,4-5,10H2,(H,11,13). The van der Waals surface area contributed by atoms with E-state index < -0.39 is 0 Å². The van der Waals surface area contributed by atoms with Crippen LogP contribution in [0.4, 0.5) is 5.82 Å². The van der Waals surface area contributed by atoms with Crippen molar-refractivity contribution in [1.29, 1.82) is 5.26 Å². The number of nitrogens with one attached hydrogen (secondary N) is 1. The van der Waals surface area contributed by atoms with Gasteiger partial charge in [-0.3, -0.25) is 0 Å². The van der Waals surface area contributed by atoms with Gasteiger partial charge in [-0.05, 0) is 6.07 Å². The molecule has 0 amide bonds. The molecular weight excluding hydrogens is 182 g/mol. The third-order valence-corrected chi connectivity index (χ3v) is 1.61. The number of nitrogens with two attached hydrogens (primary N) is 1. The maximum atomic E-state index is 8.70. The minimum Gasteiger partial charge on any atom is -0.395 e. The third kappa shape index (κ3) is 2.65. The summed E-state index contributed by atoms with van der Waals surface area (Å²) in [6.07, 6.45) is 1.44. The molecule has 1 aromatic rings. The average molecular weight is 193 g/mol. The summed E-state index contributed by atoms with van der Waals surface area (Å²) >= 11 is 0. The van der Waals surface area contributed by atoms with Gasteiger partial charge in [-0.15, -0.1) is 5.10 Å². The SMILES string of the molecule is N#Cc1ccnnc1NCC(N)CO. The fourth-order valence-corrected chi connectivity index (χ4v) is 0.845. The lowest BCUT2D eigenvalue weighted by molar-refractivity contribution is 0.270. The third-order valence-electron chi connectivity index (χ3n) is 1.61. The lowest BCUT2D eigenvalue weighted by atomic mass is 10.3. The van der Waals surface area contributed by atoms with E-state index in [1.54, 1.807) is 6.07 Å². The molecule has 0 radical (unpaired) electrons. The van der Waals surface area contributed by atoms with Crippen molar-refractivity contribution in [1.82, 2.24) is 10.2 Å². The molecule has 0 saturated carbocycles. The van der Waals surface area contributed by atoms with Gasteiger partial charge < -0.3 is 16.2 Å². The highest BCUT2D eigenvalue weighted by atomic mass is 16.3. The van der Waals surface area contributed by atoms with E-state index in [1.165, 1.54) is 6.20 Å². The highest BCUT2D eigenvalue weighted by molar-refractivity contribution is 5.50. The summed E-state index contributed by atoms with van der Waals surface area (Å²) in [5, 5.41) is 27.6. The van der Waals surface area contributed by atoms with E-state index in [0.29, 0.717) is 17.9 Å². The first-order chi connectivity index (χ1) is 6.77. The molecule has 1 rings (SSSR count). The Morgan fingerprint density at radius 3 is 3.14 bits per heavy atom. The molecule has 0 fully saturated rings. The normalized spacial score (nSPS) is 11.8. The Hall–Kier alpha value is -1.71. The number of rotatable bonds is 4. The maximum Gasteiger partial charge on any atom is 0.166 e. The quantitative estimate of drug-likeness (QED) is 0.570. The van der Waals surface area contributed by atoms with E-state index in [1.807, 2.05) is 6.07 Å². The van der Waals surface area contributed by atoms with Crippen molar-refractivity contribution >= 4 is 5.82 Å². The van der Waals surface area contributed by atoms with Crippen LogP contribution in [0.3, 0.4) is 0 Å². The molecule has 0 aliphatic heterocycles. The van der Waals surface area contributed by atoms with E-state index in [-0.39, 0.29) is 12.6 Å². The van der Waals surface area contributed by atoms with Crippen molar-refractivity contribution in [3.63, 3.8) is 0 Å². The molecule has 0 spiro atoms. The molecule has 0 saturated heterocycles. The van der Waals surface area contributed by atoms with Crippen molar-refractivity contribution in [2.24, 2.45) is 5.73 Å². The first kappa shape index (κ1) is 10.4. The van der Waals surface area contributed by atoms with Crippen molar-refractivity contribution in [2.75, 3.05) is 18.5 Å². The molecule has 6 nitrogen and oxygen atoms in total. The van der Waals surface area contributed by atoms with Crippen LogP contribution < -0.4 is 11.1 Å². The van der Waals surface area contributed by atoms with Crippen LogP contribution in [0.5, 0.6) is 0 Å². The molecule has 1 aromatic heterocycles. The number of aromatic nitrogens is 2. The van der Waals surface area contributed by atoms with Gasteiger partial charge >= 0.3 is 0 Å². The molecule has 4 N–H and O–H groups in total. The minimum atomic E-state index is -0.372. The second kappa shape index (κ2) is 5.11. The molecular formula is C8H11N5O. The number of anilines is 1. The highest BCUT2D eigenvalue weighted by Gasteiger charge is 2.04. The zero-order valence-corrected chi connectivity index (χ0v) is 7.51. The number of hydrogen-bond donors (Lipinski definition) is 3. The zero-order chi connectivity index (χ0) is 10.4. The Kier molecular flexibility index (Phi) is 3.79. The van der Waals surface area contributed by atoms with Crippen molar-refractivity contribution in [3.05, 3.63) is 17.8 Å². The number of nitriles is 1. The fourth-order valence-electron chi connectivity index (χ4n) is 0.845. The Labute approximate surface area is 81.4 Å². The second-order valence-corrected chi connectivity index (χ2v) is 2.73. The first-order valence-corrected chi connectivity index (χ1v) is 4.10. The van der Waals surface area contributed by atoms with Gasteiger partial charge in [0.15, 0.2) is 5.82 Å². The van der Waals surface area contributed by atoms with Crippen LogP contribution in [-0.4, -0.2) is 34.5 Å². The van der Waals surface area contributed by atoms with E-state index in [4.69, 9.17) is 16.1 Å². The zero-order valence-electron chi connectivity index (χ0n) is 7.51. The molecule has 0 aliphatic rings. The van der Waals surface area contributed by atoms with Gasteiger partial charge in [0.05, 0.1) is 18.4 Å². The van der Waals surface area contributed by atoms with Crippen LogP contribution in [0.2, 0.25) is 0 Å². The summed E-state index contributed by atoms with van der Waals surface area (Å²) in [4.78, 5) is 0. The number of hydrogen-bond acceptors (Lipinski definition) is 6. The predicted molar refractivity (Wildman–Crippen MR) is 50.3 cm³/mol. The number of aliphatic hydroxyl groups excluding tert-OH is 1. The monoisotopic (exact) mass is 193 g/mol. The van der Waals surface area contributed by atoms with E-state index in [0.717, 1.165) is 0 Å². The second-order valence-electron chi connectivity index (χ2n) is 2.73. The molecule has 0 bridgehead atoms. The molecule has 14 heavy (non-hydrogen) atoms. The van der Waals surface area contributed by atoms with E-state index in [9.17, 15) is 0 Å². The van der Waals surface area contributed by atoms with Crippen LogP contribution in [0, 0.1) is 11.3 Å². The van der Waals surface area contributed by atoms with Crippen LogP contribution in [0.25, 0.3) is 0 Å². The fraction of sp³-hybridized carbons (Fsp3) is 0.375. The van der Waals surface area contributed by atoms with Gasteiger partial charge in [-0.1, -0.05) is 0 Å². The van der Waals surface area contributed by atoms with Gasteiger partial charge in [-0.25, -0.2) is 0 Å². The first-order valence-electron chi connectivity index (χ1n) is 4.10. The number of nitrogens with zero attached hydrogens (tertiary/aromatic N) is 3. The topological polar surface area (TPSA) is 108 Å². The molecule has 74 valence electrons. The van der Waals surface area contributed by atoms with Gasteiger partial charge in [0.1, 0.15) is 6.07 Å². The lowest BCUT2D eigenvalue weighted by Gasteiger charge is -2.09. The summed E-state index contributed by atoms with van der Waals surface area (Å²) < 4.78 is 0. The Balaban J connectivity index is 2.63. The summed E-state index contributed by atoms with van der Waals surface area (Å²) in [5.41, 5.74) is 5.88. The van der Waals surface area contributed by atoms with Crippen LogP contribution >= 0.6 is 0 Å². The summed E-state index contributed by atoms with van der Waals surface area (Å²) in [6.45, 7) is 0.235. The minimum absolute atomic E-state index is 0.116. The predicted octanol–water partition coefficient (Wildman–Crippen LogP) is -0.920. The Morgan fingerprint density at radius 1 is 1.71 bits per heavy atom. The molecule has 1 unspecified atom stereocenters. The van der Waals surface area contributed by atoms with E-state index in [2.05, 4.69) is 15.5 Å². The van der Waals surface area contributed by atoms with Gasteiger partial charge in [-0.2, -0.15) is 10.4 Å². The average Bonchev–Trinajstić information content (AvgIpc) is 2.26. The van der Waals surface area contributed by atoms with Crippen molar-refractivity contribution in [3.8, 4) is 6.07 Å². The lowest BCUT2D eigenvalue weighted by Crippen LogP contribution is -2.32. The van der Waals surface area contributed by atoms with Crippen LogP contribution in [-0.2, 0) is 0 Å². The Bertz CT molecular complexity index is 335. The molecule has 0 aliphatic carbocycles. The molecule has 6 heteroatoms. The van der Waals surface area contributed by atoms with Crippen molar-refractivity contribution in [2.45, 2.75) is 6.04 Å². The summed E-state index contributed by atoms with van der Waals surface area (Å²) in [6, 6.07) is 3.15. The Morgan fingerprint density at radius 2 is 2.50 bits per heavy atom. The van der Waals surface area contributed by atoms with Crippen LogP contribution in [0.1, 0.15) is 5.56 Å². The van der Waals surface area contributed by atoms with Crippen LogP contribution in [0.15, 0.2) is 12.3 Å². The van der Waals surface area contributed by atoms with Gasteiger partial charge in [0.25, 0.3) is 0 Å². The summed E-state index contributed by atoms with van der Waals surface area (Å²) in [7, 11) is 0. The van der Waals surface area contributed by atoms with Gasteiger partial charge in [0, 0.05) is 12.6 Å². The van der Waals surface area contributed by atoms with E-state index >= 15 is 0 Å². The van der Waals surface area contributed by atoms with Crippen molar-refractivity contribution < 1.29 is 5.11 Å². The number of aliphatic hydroxyl groups is 1. The molecule has 1 atom stereocenters. The largest absolute Gasteiger partial charge is 0.395 e.